The van der Waals surface area contributed by atoms with E-state index in [1.165, 1.54) is 11.1 Å². The summed E-state index contributed by atoms with van der Waals surface area (Å²) in [6.45, 7) is 3.50. The molecule has 0 aliphatic carbocycles. The fraction of sp³-hybridized carbons (Fsp3) is 0.625. The average Bonchev–Trinajstić information content (AvgIpc) is 2.88. The van der Waals surface area contributed by atoms with E-state index in [1.54, 1.807) is 0 Å². The molecule has 1 fully saturated rings. The first-order valence-electron chi connectivity index (χ1n) is 7.39. The molecule has 1 aromatic rings. The summed E-state index contributed by atoms with van der Waals surface area (Å²) in [7, 11) is 2.02. The summed E-state index contributed by atoms with van der Waals surface area (Å²) in [6.07, 6.45) is 4.18. The van der Waals surface area contributed by atoms with Crippen molar-refractivity contribution in [3.05, 3.63) is 28.3 Å². The predicted octanol–water partition coefficient (Wildman–Crippen LogP) is 2.83. The lowest BCUT2D eigenvalue weighted by molar-refractivity contribution is 0.0156. The topological polar surface area (TPSA) is 30.5 Å². The van der Waals surface area contributed by atoms with Crippen LogP contribution in [0.1, 0.15) is 24.0 Å². The molecule has 2 aliphatic heterocycles. The van der Waals surface area contributed by atoms with Crippen molar-refractivity contribution in [2.75, 3.05) is 33.4 Å². The van der Waals surface area contributed by atoms with Gasteiger partial charge in [0.25, 0.3) is 0 Å². The number of nitrogens with one attached hydrogen (secondary N) is 1. The number of ether oxygens (including phenoxy) is 2. The second-order valence-electron chi connectivity index (χ2n) is 5.97. The van der Waals surface area contributed by atoms with Crippen LogP contribution >= 0.6 is 11.6 Å². The SMILES string of the molecule is CNCC1(Cc2cc(Cl)cc3c2OCC3)CCOCC1. The van der Waals surface area contributed by atoms with Gasteiger partial charge >= 0.3 is 0 Å². The van der Waals surface area contributed by atoms with E-state index in [9.17, 15) is 0 Å². The normalized spacial score (nSPS) is 20.5. The summed E-state index contributed by atoms with van der Waals surface area (Å²) in [5.74, 6) is 1.08. The molecule has 110 valence electrons. The molecule has 2 heterocycles. The van der Waals surface area contributed by atoms with Crippen LogP contribution in [0.2, 0.25) is 5.02 Å². The van der Waals surface area contributed by atoms with E-state index in [1.807, 2.05) is 13.1 Å². The molecule has 0 bridgehead atoms. The number of halogens is 1. The molecule has 0 atom stereocenters. The van der Waals surface area contributed by atoms with E-state index in [4.69, 9.17) is 21.1 Å². The molecular formula is C16H22ClNO2. The zero-order valence-electron chi connectivity index (χ0n) is 12.0. The molecule has 0 radical (unpaired) electrons. The molecule has 0 unspecified atom stereocenters. The third kappa shape index (κ3) is 2.80. The Balaban J connectivity index is 1.89. The van der Waals surface area contributed by atoms with Crippen LogP contribution in [0.25, 0.3) is 0 Å². The van der Waals surface area contributed by atoms with Crippen molar-refractivity contribution in [3.8, 4) is 5.75 Å². The molecule has 20 heavy (non-hydrogen) atoms. The van der Waals surface area contributed by atoms with Crippen LogP contribution < -0.4 is 10.1 Å². The van der Waals surface area contributed by atoms with Crippen LogP contribution in [0.4, 0.5) is 0 Å². The molecular weight excluding hydrogens is 274 g/mol. The molecule has 0 aromatic heterocycles. The molecule has 2 aliphatic rings. The van der Waals surface area contributed by atoms with E-state index in [0.717, 1.165) is 62.8 Å². The minimum Gasteiger partial charge on any atom is -0.493 e. The van der Waals surface area contributed by atoms with E-state index < -0.39 is 0 Å². The van der Waals surface area contributed by atoms with Gasteiger partial charge in [-0.3, -0.25) is 0 Å². The van der Waals surface area contributed by atoms with Gasteiger partial charge in [0.1, 0.15) is 5.75 Å². The average molecular weight is 296 g/mol. The Labute approximate surface area is 125 Å². The van der Waals surface area contributed by atoms with Gasteiger partial charge < -0.3 is 14.8 Å². The van der Waals surface area contributed by atoms with E-state index in [-0.39, 0.29) is 5.41 Å². The summed E-state index contributed by atoms with van der Waals surface area (Å²) in [6, 6.07) is 4.13. The smallest absolute Gasteiger partial charge is 0.125 e. The van der Waals surface area contributed by atoms with Gasteiger partial charge in [-0.2, -0.15) is 0 Å². The zero-order valence-corrected chi connectivity index (χ0v) is 12.8. The van der Waals surface area contributed by atoms with E-state index in [2.05, 4.69) is 11.4 Å². The molecule has 3 nitrogen and oxygen atoms in total. The summed E-state index contributed by atoms with van der Waals surface area (Å²) >= 11 is 6.27. The summed E-state index contributed by atoms with van der Waals surface area (Å²) < 4.78 is 11.4. The Morgan fingerprint density at radius 3 is 2.80 bits per heavy atom. The second kappa shape index (κ2) is 5.92. The first kappa shape index (κ1) is 14.2. The number of hydrogen-bond donors (Lipinski definition) is 1. The molecule has 1 saturated heterocycles. The number of hydrogen-bond acceptors (Lipinski definition) is 3. The third-order valence-electron chi connectivity index (χ3n) is 4.50. The zero-order chi connectivity index (χ0) is 14.0. The quantitative estimate of drug-likeness (QED) is 0.926. The fourth-order valence-corrected chi connectivity index (χ4v) is 3.74. The summed E-state index contributed by atoms with van der Waals surface area (Å²) in [4.78, 5) is 0. The lowest BCUT2D eigenvalue weighted by Crippen LogP contribution is -2.39. The van der Waals surface area contributed by atoms with Crippen LogP contribution in [0.5, 0.6) is 5.75 Å². The molecule has 1 N–H and O–H groups in total. The fourth-order valence-electron chi connectivity index (χ4n) is 3.48. The monoisotopic (exact) mass is 295 g/mol. The number of benzene rings is 1. The summed E-state index contributed by atoms with van der Waals surface area (Å²) in [5, 5.41) is 4.18. The Bertz CT molecular complexity index is 478. The molecule has 1 aromatic carbocycles. The lowest BCUT2D eigenvalue weighted by Gasteiger charge is -2.37. The van der Waals surface area contributed by atoms with Gasteiger partial charge in [0.15, 0.2) is 0 Å². The maximum atomic E-state index is 6.27. The molecule has 3 rings (SSSR count). The van der Waals surface area contributed by atoms with Crippen molar-refractivity contribution < 1.29 is 9.47 Å². The molecule has 0 spiro atoms. The Hall–Kier alpha value is -0.770. The highest BCUT2D eigenvalue weighted by Crippen LogP contribution is 2.40. The number of fused-ring (bicyclic) bond motifs is 1. The Morgan fingerprint density at radius 2 is 2.05 bits per heavy atom. The standard InChI is InChI=1S/C16H22ClNO2/c1-18-11-16(3-6-19-7-4-16)10-13-9-14(17)8-12-2-5-20-15(12)13/h8-9,18H,2-7,10-11H2,1H3. The maximum Gasteiger partial charge on any atom is 0.125 e. The van der Waals surface area contributed by atoms with E-state index in [0.29, 0.717) is 0 Å². The van der Waals surface area contributed by atoms with Gasteiger partial charge in [0.2, 0.25) is 0 Å². The molecule has 0 saturated carbocycles. The highest BCUT2D eigenvalue weighted by molar-refractivity contribution is 6.30. The highest BCUT2D eigenvalue weighted by Gasteiger charge is 2.34. The summed E-state index contributed by atoms with van der Waals surface area (Å²) in [5.41, 5.74) is 2.79. The van der Waals surface area contributed by atoms with Gasteiger partial charge in [-0.1, -0.05) is 11.6 Å². The first-order valence-corrected chi connectivity index (χ1v) is 7.77. The minimum absolute atomic E-state index is 0.261. The van der Waals surface area contributed by atoms with Crippen molar-refractivity contribution in [1.29, 1.82) is 0 Å². The van der Waals surface area contributed by atoms with Crippen LogP contribution in [-0.2, 0) is 17.6 Å². The third-order valence-corrected chi connectivity index (χ3v) is 4.71. The van der Waals surface area contributed by atoms with Crippen LogP contribution in [0, 0.1) is 5.41 Å². The maximum absolute atomic E-state index is 6.27. The Morgan fingerprint density at radius 1 is 1.25 bits per heavy atom. The first-order chi connectivity index (χ1) is 9.72. The minimum atomic E-state index is 0.261. The van der Waals surface area contributed by atoms with Gasteiger partial charge in [-0.05, 0) is 55.0 Å². The van der Waals surface area contributed by atoms with Crippen LogP contribution in [0.15, 0.2) is 12.1 Å². The lowest BCUT2D eigenvalue weighted by atomic mass is 9.75. The van der Waals surface area contributed by atoms with Gasteiger partial charge in [0.05, 0.1) is 6.61 Å². The van der Waals surface area contributed by atoms with Gasteiger partial charge in [0, 0.05) is 31.2 Å². The van der Waals surface area contributed by atoms with Gasteiger partial charge in [-0.25, -0.2) is 0 Å². The van der Waals surface area contributed by atoms with E-state index >= 15 is 0 Å². The van der Waals surface area contributed by atoms with Crippen molar-refractivity contribution in [2.45, 2.75) is 25.7 Å². The highest BCUT2D eigenvalue weighted by atomic mass is 35.5. The molecule has 0 amide bonds. The molecule has 4 heteroatoms. The Kier molecular flexibility index (Phi) is 4.20. The van der Waals surface area contributed by atoms with Crippen molar-refractivity contribution in [2.24, 2.45) is 5.41 Å². The number of rotatable bonds is 4. The van der Waals surface area contributed by atoms with Crippen LogP contribution in [0.3, 0.4) is 0 Å². The largest absolute Gasteiger partial charge is 0.493 e. The second-order valence-corrected chi connectivity index (χ2v) is 6.41. The van der Waals surface area contributed by atoms with Crippen molar-refractivity contribution in [1.82, 2.24) is 5.32 Å². The predicted molar refractivity (Wildman–Crippen MR) is 80.8 cm³/mol. The van der Waals surface area contributed by atoms with Crippen molar-refractivity contribution in [3.63, 3.8) is 0 Å². The van der Waals surface area contributed by atoms with Gasteiger partial charge in [-0.15, -0.1) is 0 Å². The van der Waals surface area contributed by atoms with Crippen LogP contribution in [-0.4, -0.2) is 33.4 Å². The van der Waals surface area contributed by atoms with Crippen molar-refractivity contribution >= 4 is 11.6 Å².